The van der Waals surface area contributed by atoms with Crippen LogP contribution in [0.15, 0.2) is 47.4 Å². The summed E-state index contributed by atoms with van der Waals surface area (Å²) in [5, 5.41) is 2.81. The number of carbonyl (C=O) groups is 1. The molecule has 0 atom stereocenters. The van der Waals surface area contributed by atoms with Crippen molar-refractivity contribution in [2.24, 2.45) is 0 Å². The Balaban J connectivity index is 1.95. The van der Waals surface area contributed by atoms with Crippen LogP contribution in [0.4, 0.5) is 5.69 Å². The molecule has 0 aromatic heterocycles. The number of hydrogen-bond donors (Lipinski definition) is 1. The second kappa shape index (κ2) is 7.62. The van der Waals surface area contributed by atoms with Gasteiger partial charge in [0.2, 0.25) is 5.91 Å². The Morgan fingerprint density at radius 3 is 2.29 bits per heavy atom. The van der Waals surface area contributed by atoms with Gasteiger partial charge in [0.15, 0.2) is 9.84 Å². The summed E-state index contributed by atoms with van der Waals surface area (Å²) in [5.41, 5.74) is 4.18. The van der Waals surface area contributed by atoms with Crippen molar-refractivity contribution in [2.45, 2.75) is 38.5 Å². The highest BCUT2D eigenvalue weighted by molar-refractivity contribution is 7.91. The Hall–Kier alpha value is -2.14. The molecule has 2 rings (SSSR count). The van der Waals surface area contributed by atoms with Gasteiger partial charge >= 0.3 is 0 Å². The minimum absolute atomic E-state index is 0.0641. The van der Waals surface area contributed by atoms with Crippen LogP contribution in [0, 0.1) is 13.8 Å². The normalized spacial score (nSPS) is 11.3. The van der Waals surface area contributed by atoms with E-state index in [1.807, 2.05) is 19.9 Å². The van der Waals surface area contributed by atoms with Crippen molar-refractivity contribution >= 4 is 21.4 Å². The maximum absolute atomic E-state index is 12.1. The van der Waals surface area contributed by atoms with E-state index in [1.165, 1.54) is 28.8 Å². The predicted molar refractivity (Wildman–Crippen MR) is 97.0 cm³/mol. The standard InChI is InChI=1S/C19H23NO3S/c1-4-24(22,23)18-10-8-17(9-11-18)20-19(21)12-7-16-6-5-14(2)13-15(16)3/h5-6,8-11,13H,4,7,12H2,1-3H3,(H,20,21). The zero-order valence-corrected chi connectivity index (χ0v) is 15.1. The molecule has 2 aromatic rings. The van der Waals surface area contributed by atoms with E-state index < -0.39 is 9.84 Å². The van der Waals surface area contributed by atoms with Crippen LogP contribution in [0.3, 0.4) is 0 Å². The first-order chi connectivity index (χ1) is 11.3. The lowest BCUT2D eigenvalue weighted by atomic mass is 10.0. The summed E-state index contributed by atoms with van der Waals surface area (Å²) in [4.78, 5) is 12.3. The number of hydrogen-bond acceptors (Lipinski definition) is 3. The van der Waals surface area contributed by atoms with Gasteiger partial charge in [0.1, 0.15) is 0 Å². The van der Waals surface area contributed by atoms with Crippen LogP contribution < -0.4 is 5.32 Å². The number of nitrogens with one attached hydrogen (secondary N) is 1. The lowest BCUT2D eigenvalue weighted by Crippen LogP contribution is -2.13. The number of aryl methyl sites for hydroxylation is 3. The summed E-state index contributed by atoms with van der Waals surface area (Å²) in [7, 11) is -3.21. The van der Waals surface area contributed by atoms with Gasteiger partial charge in [0.05, 0.1) is 10.6 Å². The molecule has 0 saturated carbocycles. The molecule has 0 aliphatic carbocycles. The molecule has 0 bridgehead atoms. The summed E-state index contributed by atoms with van der Waals surface area (Å²) >= 11 is 0. The Bertz CT molecular complexity index is 824. The number of sulfone groups is 1. The average Bonchev–Trinajstić information content (AvgIpc) is 2.54. The summed E-state index contributed by atoms with van der Waals surface area (Å²) in [6.07, 6.45) is 1.07. The lowest BCUT2D eigenvalue weighted by Gasteiger charge is -2.09. The van der Waals surface area contributed by atoms with E-state index in [9.17, 15) is 13.2 Å². The molecule has 1 amide bonds. The van der Waals surface area contributed by atoms with Gasteiger partial charge in [0, 0.05) is 12.1 Å². The molecule has 5 heteroatoms. The molecule has 0 spiro atoms. The van der Waals surface area contributed by atoms with Crippen LogP contribution in [0.2, 0.25) is 0 Å². The monoisotopic (exact) mass is 345 g/mol. The van der Waals surface area contributed by atoms with Crippen molar-refractivity contribution in [3.05, 3.63) is 59.2 Å². The van der Waals surface area contributed by atoms with Gasteiger partial charge in [-0.25, -0.2) is 8.42 Å². The third kappa shape index (κ3) is 4.68. The number of rotatable bonds is 6. The SMILES string of the molecule is CCS(=O)(=O)c1ccc(NC(=O)CCc2ccc(C)cc2C)cc1. The highest BCUT2D eigenvalue weighted by Gasteiger charge is 2.11. The van der Waals surface area contributed by atoms with E-state index in [0.29, 0.717) is 18.5 Å². The fraction of sp³-hybridized carbons (Fsp3) is 0.316. The molecule has 2 aromatic carbocycles. The Morgan fingerprint density at radius 2 is 1.71 bits per heavy atom. The Kier molecular flexibility index (Phi) is 5.78. The predicted octanol–water partition coefficient (Wildman–Crippen LogP) is 3.67. The molecule has 0 unspecified atom stereocenters. The summed E-state index contributed by atoms with van der Waals surface area (Å²) < 4.78 is 23.5. The van der Waals surface area contributed by atoms with E-state index >= 15 is 0 Å². The summed E-state index contributed by atoms with van der Waals surface area (Å²) in [6, 6.07) is 12.5. The molecule has 128 valence electrons. The van der Waals surface area contributed by atoms with Gasteiger partial charge in [-0.1, -0.05) is 30.7 Å². The van der Waals surface area contributed by atoms with E-state index in [2.05, 4.69) is 17.4 Å². The van der Waals surface area contributed by atoms with Crippen LogP contribution in [0.25, 0.3) is 0 Å². The highest BCUT2D eigenvalue weighted by atomic mass is 32.2. The number of amides is 1. The van der Waals surface area contributed by atoms with Crippen LogP contribution in [-0.2, 0) is 21.1 Å². The van der Waals surface area contributed by atoms with Gasteiger partial charge in [-0.3, -0.25) is 4.79 Å². The van der Waals surface area contributed by atoms with Crippen LogP contribution in [0.5, 0.6) is 0 Å². The average molecular weight is 345 g/mol. The minimum Gasteiger partial charge on any atom is -0.326 e. The minimum atomic E-state index is -3.21. The molecule has 0 aliphatic rings. The van der Waals surface area contributed by atoms with Crippen molar-refractivity contribution in [3.63, 3.8) is 0 Å². The molecule has 24 heavy (non-hydrogen) atoms. The topological polar surface area (TPSA) is 63.2 Å². The van der Waals surface area contributed by atoms with E-state index in [1.54, 1.807) is 19.1 Å². The molecule has 4 nitrogen and oxygen atoms in total. The molecule has 0 saturated heterocycles. The van der Waals surface area contributed by atoms with Crippen molar-refractivity contribution in [1.29, 1.82) is 0 Å². The van der Waals surface area contributed by atoms with Crippen LogP contribution in [0.1, 0.15) is 30.0 Å². The molecule has 1 N–H and O–H groups in total. The molecule has 0 aliphatic heterocycles. The zero-order chi connectivity index (χ0) is 17.7. The molecular weight excluding hydrogens is 322 g/mol. The molecule has 0 radical (unpaired) electrons. The lowest BCUT2D eigenvalue weighted by molar-refractivity contribution is -0.116. The first-order valence-corrected chi connectivity index (χ1v) is 9.66. The van der Waals surface area contributed by atoms with Crippen molar-refractivity contribution in [2.75, 3.05) is 11.1 Å². The Labute approximate surface area is 143 Å². The summed E-state index contributed by atoms with van der Waals surface area (Å²) in [6.45, 7) is 5.71. The highest BCUT2D eigenvalue weighted by Crippen LogP contribution is 2.16. The maximum atomic E-state index is 12.1. The number of anilines is 1. The fourth-order valence-corrected chi connectivity index (χ4v) is 3.39. The first-order valence-electron chi connectivity index (χ1n) is 8.00. The first kappa shape index (κ1) is 18.2. The van der Waals surface area contributed by atoms with E-state index in [-0.39, 0.29) is 16.6 Å². The van der Waals surface area contributed by atoms with E-state index in [4.69, 9.17) is 0 Å². The van der Waals surface area contributed by atoms with Gasteiger partial charge in [-0.05, 0) is 55.7 Å². The molecule has 0 heterocycles. The fourth-order valence-electron chi connectivity index (χ4n) is 2.51. The van der Waals surface area contributed by atoms with Gasteiger partial charge < -0.3 is 5.32 Å². The zero-order valence-electron chi connectivity index (χ0n) is 14.3. The van der Waals surface area contributed by atoms with Gasteiger partial charge in [-0.15, -0.1) is 0 Å². The van der Waals surface area contributed by atoms with Crippen molar-refractivity contribution in [1.82, 2.24) is 0 Å². The summed E-state index contributed by atoms with van der Waals surface area (Å²) in [5.74, 6) is -0.0182. The van der Waals surface area contributed by atoms with Gasteiger partial charge in [0.25, 0.3) is 0 Å². The van der Waals surface area contributed by atoms with Crippen LogP contribution in [-0.4, -0.2) is 20.1 Å². The second-order valence-corrected chi connectivity index (χ2v) is 8.18. The van der Waals surface area contributed by atoms with Crippen molar-refractivity contribution in [3.8, 4) is 0 Å². The van der Waals surface area contributed by atoms with Gasteiger partial charge in [-0.2, -0.15) is 0 Å². The van der Waals surface area contributed by atoms with Crippen LogP contribution >= 0.6 is 0 Å². The quantitative estimate of drug-likeness (QED) is 0.869. The molecular formula is C19H23NO3S. The largest absolute Gasteiger partial charge is 0.326 e. The Morgan fingerprint density at radius 1 is 1.04 bits per heavy atom. The second-order valence-electron chi connectivity index (χ2n) is 5.91. The third-order valence-corrected chi connectivity index (χ3v) is 5.75. The molecule has 0 fully saturated rings. The van der Waals surface area contributed by atoms with E-state index in [0.717, 1.165) is 0 Å². The smallest absolute Gasteiger partial charge is 0.224 e. The van der Waals surface area contributed by atoms with Crippen molar-refractivity contribution < 1.29 is 13.2 Å². The maximum Gasteiger partial charge on any atom is 0.224 e. The third-order valence-electron chi connectivity index (χ3n) is 4.00. The number of benzene rings is 2. The number of carbonyl (C=O) groups excluding carboxylic acids is 1.